The predicted molar refractivity (Wildman–Crippen MR) is 90.0 cm³/mol. The number of imidazole rings is 1. The molecule has 0 saturated carbocycles. The lowest BCUT2D eigenvalue weighted by Crippen LogP contribution is -2.13. The molecular weight excluding hydrogens is 286 g/mol. The van der Waals surface area contributed by atoms with E-state index in [9.17, 15) is 0 Å². The van der Waals surface area contributed by atoms with Crippen molar-refractivity contribution in [3.63, 3.8) is 0 Å². The highest BCUT2D eigenvalue weighted by atomic mass is 15.2. The molecule has 4 rings (SSSR count). The normalized spacial score (nSPS) is 11.0. The maximum absolute atomic E-state index is 4.49. The van der Waals surface area contributed by atoms with Crippen molar-refractivity contribution >= 4 is 17.1 Å². The Balaban J connectivity index is 1.73. The standard InChI is InChI=1S/C18H15N5/c1-3-7-13(8-4-1)16(14-9-5-2-6-10-14)22-18-21-15-11-19-12-20-17(15)23-18/h1-12,16H,(H2,19,20,21,22,23). The SMILES string of the molecule is c1ccc(C(Nc2nc3ncncc3[nH]2)c2ccccc2)cc1. The molecule has 0 saturated heterocycles. The molecule has 0 aliphatic carbocycles. The monoisotopic (exact) mass is 301 g/mol. The van der Waals surface area contributed by atoms with E-state index in [-0.39, 0.29) is 6.04 Å². The smallest absolute Gasteiger partial charge is 0.203 e. The zero-order valence-corrected chi connectivity index (χ0v) is 12.3. The summed E-state index contributed by atoms with van der Waals surface area (Å²) in [6, 6.07) is 20.6. The Hall–Kier alpha value is -3.21. The van der Waals surface area contributed by atoms with E-state index in [4.69, 9.17) is 0 Å². The van der Waals surface area contributed by atoms with E-state index in [1.165, 1.54) is 17.5 Å². The Kier molecular flexibility index (Phi) is 3.44. The summed E-state index contributed by atoms with van der Waals surface area (Å²) in [6.07, 6.45) is 3.22. The number of rotatable bonds is 4. The number of benzene rings is 2. The maximum Gasteiger partial charge on any atom is 0.203 e. The van der Waals surface area contributed by atoms with Gasteiger partial charge in [-0.15, -0.1) is 0 Å². The zero-order chi connectivity index (χ0) is 15.5. The van der Waals surface area contributed by atoms with Crippen LogP contribution in [0.15, 0.2) is 73.2 Å². The Labute approximate surface area is 133 Å². The fraction of sp³-hybridized carbons (Fsp3) is 0.0556. The van der Waals surface area contributed by atoms with Gasteiger partial charge in [0.2, 0.25) is 5.95 Å². The summed E-state index contributed by atoms with van der Waals surface area (Å²) in [5.74, 6) is 0.679. The number of hydrogen-bond acceptors (Lipinski definition) is 4. The van der Waals surface area contributed by atoms with Gasteiger partial charge in [0.1, 0.15) is 11.8 Å². The van der Waals surface area contributed by atoms with E-state index >= 15 is 0 Å². The zero-order valence-electron chi connectivity index (χ0n) is 12.3. The molecule has 2 aromatic heterocycles. The van der Waals surface area contributed by atoms with E-state index in [2.05, 4.69) is 49.5 Å². The average molecular weight is 301 g/mol. The third-order valence-corrected chi connectivity index (χ3v) is 3.71. The molecule has 0 radical (unpaired) electrons. The lowest BCUT2D eigenvalue weighted by atomic mass is 9.99. The number of fused-ring (bicyclic) bond motifs is 1. The Morgan fingerprint density at radius 3 is 2.13 bits per heavy atom. The third kappa shape index (κ3) is 2.76. The van der Waals surface area contributed by atoms with E-state index in [1.54, 1.807) is 6.20 Å². The van der Waals surface area contributed by atoms with Gasteiger partial charge in [0, 0.05) is 0 Å². The number of hydrogen-bond donors (Lipinski definition) is 2. The van der Waals surface area contributed by atoms with Crippen molar-refractivity contribution < 1.29 is 0 Å². The van der Waals surface area contributed by atoms with Crippen molar-refractivity contribution in [3.05, 3.63) is 84.3 Å². The van der Waals surface area contributed by atoms with Crippen LogP contribution < -0.4 is 5.32 Å². The van der Waals surface area contributed by atoms with Crippen LogP contribution in [0.4, 0.5) is 5.95 Å². The molecule has 23 heavy (non-hydrogen) atoms. The maximum atomic E-state index is 4.49. The molecule has 0 bridgehead atoms. The number of aromatic amines is 1. The van der Waals surface area contributed by atoms with Crippen molar-refractivity contribution in [2.45, 2.75) is 6.04 Å². The van der Waals surface area contributed by atoms with Crippen molar-refractivity contribution in [2.75, 3.05) is 5.32 Å². The topological polar surface area (TPSA) is 66.5 Å². The van der Waals surface area contributed by atoms with Gasteiger partial charge in [0.15, 0.2) is 5.65 Å². The highest BCUT2D eigenvalue weighted by molar-refractivity contribution is 5.72. The molecule has 4 aromatic rings. The molecule has 0 aliphatic rings. The Bertz CT molecular complexity index is 830. The first-order valence-corrected chi connectivity index (χ1v) is 7.42. The molecule has 0 aliphatic heterocycles. The average Bonchev–Trinajstić information content (AvgIpc) is 3.04. The first-order valence-electron chi connectivity index (χ1n) is 7.42. The van der Waals surface area contributed by atoms with Crippen LogP contribution in [0.1, 0.15) is 17.2 Å². The van der Waals surface area contributed by atoms with Gasteiger partial charge in [-0.1, -0.05) is 60.7 Å². The van der Waals surface area contributed by atoms with Crippen LogP contribution >= 0.6 is 0 Å². The second-order valence-corrected chi connectivity index (χ2v) is 5.24. The summed E-state index contributed by atoms with van der Waals surface area (Å²) in [4.78, 5) is 15.9. The Morgan fingerprint density at radius 2 is 1.52 bits per heavy atom. The van der Waals surface area contributed by atoms with Crippen LogP contribution in [0.25, 0.3) is 11.2 Å². The number of H-pyrrole nitrogens is 1. The van der Waals surface area contributed by atoms with Crippen molar-refractivity contribution in [1.82, 2.24) is 19.9 Å². The molecule has 0 fully saturated rings. The van der Waals surface area contributed by atoms with E-state index in [1.807, 2.05) is 36.4 Å². The van der Waals surface area contributed by atoms with Crippen molar-refractivity contribution in [2.24, 2.45) is 0 Å². The molecule has 112 valence electrons. The van der Waals surface area contributed by atoms with Crippen LogP contribution in [0.3, 0.4) is 0 Å². The lowest BCUT2D eigenvalue weighted by Gasteiger charge is -2.19. The van der Waals surface area contributed by atoms with Crippen LogP contribution in [0.2, 0.25) is 0 Å². The lowest BCUT2D eigenvalue weighted by molar-refractivity contribution is 0.919. The van der Waals surface area contributed by atoms with Gasteiger partial charge in [-0.05, 0) is 11.1 Å². The van der Waals surface area contributed by atoms with Gasteiger partial charge in [0.25, 0.3) is 0 Å². The molecule has 0 atom stereocenters. The largest absolute Gasteiger partial charge is 0.345 e. The molecule has 0 amide bonds. The van der Waals surface area contributed by atoms with Crippen LogP contribution in [0.5, 0.6) is 0 Å². The van der Waals surface area contributed by atoms with Crippen molar-refractivity contribution in [3.8, 4) is 0 Å². The first-order chi connectivity index (χ1) is 11.4. The summed E-state index contributed by atoms with van der Waals surface area (Å²) >= 11 is 0. The molecule has 5 heteroatoms. The molecule has 0 unspecified atom stereocenters. The highest BCUT2D eigenvalue weighted by Crippen LogP contribution is 2.26. The van der Waals surface area contributed by atoms with E-state index in [0.717, 1.165) is 5.52 Å². The number of anilines is 1. The summed E-state index contributed by atoms with van der Waals surface area (Å²) in [6.45, 7) is 0. The van der Waals surface area contributed by atoms with Gasteiger partial charge in [0.05, 0.1) is 12.2 Å². The predicted octanol–water partition coefficient (Wildman–Crippen LogP) is 3.55. The van der Waals surface area contributed by atoms with Crippen LogP contribution in [0, 0.1) is 0 Å². The molecular formula is C18H15N5. The Morgan fingerprint density at radius 1 is 0.870 bits per heavy atom. The van der Waals surface area contributed by atoms with E-state index in [0.29, 0.717) is 11.6 Å². The minimum absolute atomic E-state index is 0.00548. The first kappa shape index (κ1) is 13.5. The van der Waals surface area contributed by atoms with Gasteiger partial charge >= 0.3 is 0 Å². The third-order valence-electron chi connectivity index (χ3n) is 3.71. The van der Waals surface area contributed by atoms with Crippen molar-refractivity contribution in [1.29, 1.82) is 0 Å². The molecule has 2 heterocycles. The molecule has 2 aromatic carbocycles. The van der Waals surface area contributed by atoms with Crippen LogP contribution in [-0.4, -0.2) is 19.9 Å². The molecule has 2 N–H and O–H groups in total. The second-order valence-electron chi connectivity index (χ2n) is 5.24. The van der Waals surface area contributed by atoms with Gasteiger partial charge in [-0.25, -0.2) is 9.97 Å². The number of nitrogens with zero attached hydrogens (tertiary/aromatic N) is 3. The van der Waals surface area contributed by atoms with Gasteiger partial charge < -0.3 is 10.3 Å². The summed E-state index contributed by atoms with van der Waals surface area (Å²) < 4.78 is 0. The minimum Gasteiger partial charge on any atom is -0.345 e. The van der Waals surface area contributed by atoms with E-state index < -0.39 is 0 Å². The quantitative estimate of drug-likeness (QED) is 0.605. The summed E-state index contributed by atoms with van der Waals surface area (Å²) in [5, 5.41) is 3.47. The highest BCUT2D eigenvalue weighted by Gasteiger charge is 2.15. The minimum atomic E-state index is 0.00548. The van der Waals surface area contributed by atoms with Gasteiger partial charge in [-0.2, -0.15) is 4.98 Å². The van der Waals surface area contributed by atoms with Crippen LogP contribution in [-0.2, 0) is 0 Å². The number of nitrogens with one attached hydrogen (secondary N) is 2. The molecule has 0 spiro atoms. The number of aromatic nitrogens is 4. The molecule has 5 nitrogen and oxygen atoms in total. The fourth-order valence-electron chi connectivity index (χ4n) is 2.62. The fourth-order valence-corrected chi connectivity index (χ4v) is 2.62. The second kappa shape index (κ2) is 5.88. The summed E-state index contributed by atoms with van der Waals surface area (Å²) in [5.41, 5.74) is 3.81. The van der Waals surface area contributed by atoms with Gasteiger partial charge in [-0.3, -0.25) is 0 Å². The summed E-state index contributed by atoms with van der Waals surface area (Å²) in [7, 11) is 0.